The number of rotatable bonds is 6. The molecule has 0 saturated heterocycles. The minimum atomic E-state index is -0.124. The highest BCUT2D eigenvalue weighted by molar-refractivity contribution is 5.69. The Bertz CT molecular complexity index is 124. The number of esters is 1. The molecule has 0 unspecified atom stereocenters. The van der Waals surface area contributed by atoms with Gasteiger partial charge >= 0.3 is 5.97 Å². The Morgan fingerprint density at radius 2 is 2.25 bits per heavy atom. The second kappa shape index (κ2) is 7.10. The van der Waals surface area contributed by atoms with E-state index in [0.717, 1.165) is 12.8 Å². The van der Waals surface area contributed by atoms with Crippen LogP contribution in [0.25, 0.3) is 0 Å². The van der Waals surface area contributed by atoms with E-state index in [1.165, 1.54) is 0 Å². The van der Waals surface area contributed by atoms with Crippen LogP contribution in [-0.2, 0) is 9.53 Å². The first-order valence-corrected chi connectivity index (χ1v) is 4.58. The van der Waals surface area contributed by atoms with Gasteiger partial charge in [-0.05, 0) is 19.8 Å². The third kappa shape index (κ3) is 7.54. The van der Waals surface area contributed by atoms with Crippen molar-refractivity contribution in [2.45, 2.75) is 45.6 Å². The molecule has 0 aromatic carbocycles. The van der Waals surface area contributed by atoms with E-state index in [4.69, 9.17) is 10.5 Å². The molecular weight excluding hydrogens is 154 g/mol. The van der Waals surface area contributed by atoms with E-state index < -0.39 is 0 Å². The standard InChI is InChI=1S/C9H19NO2/c1-3-4-7-12-9(11)6-5-8(2)10/h8H,3-7,10H2,1-2H3/t8-/m1/s1. The number of hydrogen-bond donors (Lipinski definition) is 1. The zero-order valence-corrected chi connectivity index (χ0v) is 8.01. The number of nitrogens with two attached hydrogens (primary N) is 1. The van der Waals surface area contributed by atoms with Crippen LogP contribution in [0.5, 0.6) is 0 Å². The van der Waals surface area contributed by atoms with E-state index in [9.17, 15) is 4.79 Å². The first kappa shape index (κ1) is 11.4. The van der Waals surface area contributed by atoms with Gasteiger partial charge in [-0.1, -0.05) is 13.3 Å². The van der Waals surface area contributed by atoms with E-state index in [2.05, 4.69) is 6.92 Å². The molecule has 0 saturated carbocycles. The van der Waals surface area contributed by atoms with Crippen LogP contribution in [0.3, 0.4) is 0 Å². The molecule has 72 valence electrons. The monoisotopic (exact) mass is 173 g/mol. The quantitative estimate of drug-likeness (QED) is 0.488. The van der Waals surface area contributed by atoms with Gasteiger partial charge in [0.25, 0.3) is 0 Å². The van der Waals surface area contributed by atoms with Crippen molar-refractivity contribution < 1.29 is 9.53 Å². The predicted octanol–water partition coefficient (Wildman–Crippen LogP) is 1.46. The van der Waals surface area contributed by atoms with Crippen LogP contribution in [0, 0.1) is 0 Å². The van der Waals surface area contributed by atoms with Gasteiger partial charge in [0.1, 0.15) is 0 Å². The number of hydrogen-bond acceptors (Lipinski definition) is 3. The van der Waals surface area contributed by atoms with Crippen LogP contribution in [-0.4, -0.2) is 18.6 Å². The van der Waals surface area contributed by atoms with Gasteiger partial charge in [-0.3, -0.25) is 4.79 Å². The second-order valence-electron chi connectivity index (χ2n) is 3.09. The summed E-state index contributed by atoms with van der Waals surface area (Å²) in [5.74, 6) is -0.124. The fraction of sp³-hybridized carbons (Fsp3) is 0.889. The van der Waals surface area contributed by atoms with E-state index in [-0.39, 0.29) is 12.0 Å². The molecule has 0 bridgehead atoms. The van der Waals surface area contributed by atoms with Crippen LogP contribution in [0.4, 0.5) is 0 Å². The van der Waals surface area contributed by atoms with Crippen LogP contribution in [0.1, 0.15) is 39.5 Å². The van der Waals surface area contributed by atoms with Crippen LogP contribution in [0.2, 0.25) is 0 Å². The van der Waals surface area contributed by atoms with Crippen molar-refractivity contribution in [2.75, 3.05) is 6.61 Å². The highest BCUT2D eigenvalue weighted by atomic mass is 16.5. The fourth-order valence-electron chi connectivity index (χ4n) is 0.748. The smallest absolute Gasteiger partial charge is 0.305 e. The molecule has 0 amide bonds. The van der Waals surface area contributed by atoms with Gasteiger partial charge in [0.2, 0.25) is 0 Å². The van der Waals surface area contributed by atoms with Crippen LogP contribution >= 0.6 is 0 Å². The molecule has 0 radical (unpaired) electrons. The number of unbranched alkanes of at least 4 members (excludes halogenated alkanes) is 1. The fourth-order valence-corrected chi connectivity index (χ4v) is 0.748. The Morgan fingerprint density at radius 1 is 1.58 bits per heavy atom. The Labute approximate surface area is 74.3 Å². The maximum atomic E-state index is 10.9. The molecule has 12 heavy (non-hydrogen) atoms. The number of carbonyl (C=O) groups excluding carboxylic acids is 1. The van der Waals surface area contributed by atoms with Crippen molar-refractivity contribution in [3.05, 3.63) is 0 Å². The van der Waals surface area contributed by atoms with Gasteiger partial charge in [-0.15, -0.1) is 0 Å². The van der Waals surface area contributed by atoms with Crippen LogP contribution in [0.15, 0.2) is 0 Å². The molecule has 0 spiro atoms. The van der Waals surface area contributed by atoms with Crippen molar-refractivity contribution >= 4 is 5.97 Å². The van der Waals surface area contributed by atoms with Gasteiger partial charge < -0.3 is 10.5 Å². The van der Waals surface area contributed by atoms with Crippen molar-refractivity contribution in [1.29, 1.82) is 0 Å². The van der Waals surface area contributed by atoms with Crippen molar-refractivity contribution in [2.24, 2.45) is 5.73 Å². The van der Waals surface area contributed by atoms with E-state index in [1.54, 1.807) is 0 Å². The Hall–Kier alpha value is -0.570. The lowest BCUT2D eigenvalue weighted by atomic mass is 10.2. The molecule has 1 atom stereocenters. The first-order valence-electron chi connectivity index (χ1n) is 4.58. The molecule has 3 nitrogen and oxygen atoms in total. The number of ether oxygens (including phenoxy) is 1. The van der Waals surface area contributed by atoms with E-state index in [1.807, 2.05) is 6.92 Å². The summed E-state index contributed by atoms with van der Waals surface area (Å²) < 4.78 is 4.94. The zero-order chi connectivity index (χ0) is 9.40. The lowest BCUT2D eigenvalue weighted by Crippen LogP contribution is -2.17. The van der Waals surface area contributed by atoms with Crippen molar-refractivity contribution in [3.8, 4) is 0 Å². The summed E-state index contributed by atoms with van der Waals surface area (Å²) in [6.45, 7) is 4.50. The van der Waals surface area contributed by atoms with E-state index >= 15 is 0 Å². The second-order valence-corrected chi connectivity index (χ2v) is 3.09. The van der Waals surface area contributed by atoms with Crippen molar-refractivity contribution in [1.82, 2.24) is 0 Å². The molecular formula is C9H19NO2. The van der Waals surface area contributed by atoms with Gasteiger partial charge in [0.05, 0.1) is 6.61 Å². The summed E-state index contributed by atoms with van der Waals surface area (Å²) in [4.78, 5) is 10.9. The lowest BCUT2D eigenvalue weighted by molar-refractivity contribution is -0.143. The van der Waals surface area contributed by atoms with Gasteiger partial charge in [-0.2, -0.15) is 0 Å². The summed E-state index contributed by atoms with van der Waals surface area (Å²) >= 11 is 0. The SMILES string of the molecule is CCCCOC(=O)CC[C@@H](C)N. The van der Waals surface area contributed by atoms with E-state index in [0.29, 0.717) is 19.4 Å². The normalized spacial score (nSPS) is 12.6. The molecule has 2 N–H and O–H groups in total. The third-order valence-electron chi connectivity index (χ3n) is 1.56. The summed E-state index contributed by atoms with van der Waals surface area (Å²) in [5, 5.41) is 0. The highest BCUT2D eigenvalue weighted by Crippen LogP contribution is 1.97. The zero-order valence-electron chi connectivity index (χ0n) is 8.01. The minimum absolute atomic E-state index is 0.0868. The maximum Gasteiger partial charge on any atom is 0.305 e. The average Bonchev–Trinajstić information content (AvgIpc) is 2.01. The van der Waals surface area contributed by atoms with Crippen molar-refractivity contribution in [3.63, 3.8) is 0 Å². The Morgan fingerprint density at radius 3 is 2.75 bits per heavy atom. The van der Waals surface area contributed by atoms with Gasteiger partial charge in [-0.25, -0.2) is 0 Å². The third-order valence-corrected chi connectivity index (χ3v) is 1.56. The Kier molecular flexibility index (Phi) is 6.76. The first-order chi connectivity index (χ1) is 5.66. The molecule has 0 heterocycles. The number of carbonyl (C=O) groups is 1. The topological polar surface area (TPSA) is 52.3 Å². The predicted molar refractivity (Wildman–Crippen MR) is 48.8 cm³/mol. The summed E-state index contributed by atoms with van der Waals surface area (Å²) in [6.07, 6.45) is 3.16. The Balaban J connectivity index is 3.22. The van der Waals surface area contributed by atoms with Crippen LogP contribution < -0.4 is 5.73 Å². The molecule has 0 aliphatic rings. The summed E-state index contributed by atoms with van der Waals surface area (Å²) in [7, 11) is 0. The molecule has 0 fully saturated rings. The molecule has 0 rings (SSSR count). The molecule has 0 aromatic rings. The summed E-state index contributed by atoms with van der Waals surface area (Å²) in [5.41, 5.74) is 5.49. The molecule has 3 heteroatoms. The highest BCUT2D eigenvalue weighted by Gasteiger charge is 2.03. The van der Waals surface area contributed by atoms with Gasteiger partial charge in [0.15, 0.2) is 0 Å². The average molecular weight is 173 g/mol. The molecule has 0 aromatic heterocycles. The van der Waals surface area contributed by atoms with Gasteiger partial charge in [0, 0.05) is 12.5 Å². The maximum absolute atomic E-state index is 10.9. The minimum Gasteiger partial charge on any atom is -0.466 e. The molecule has 0 aliphatic carbocycles. The summed E-state index contributed by atoms with van der Waals surface area (Å²) in [6, 6.07) is 0.0868. The largest absolute Gasteiger partial charge is 0.466 e. The lowest BCUT2D eigenvalue weighted by Gasteiger charge is -2.05. The molecule has 0 aliphatic heterocycles.